The Morgan fingerprint density at radius 1 is 1.17 bits per heavy atom. The molecule has 1 rings (SSSR count). The van der Waals surface area contributed by atoms with Gasteiger partial charge in [0.2, 0.25) is 0 Å². The van der Waals surface area contributed by atoms with E-state index < -0.39 is 0 Å². The van der Waals surface area contributed by atoms with Gasteiger partial charge in [-0.05, 0) is 6.92 Å². The molecule has 0 spiro atoms. The molecule has 1 aromatic carbocycles. The molecule has 0 saturated heterocycles. The molecule has 0 fully saturated rings. The predicted molar refractivity (Wildman–Crippen MR) is 49.5 cm³/mol. The van der Waals surface area contributed by atoms with Gasteiger partial charge in [-0.3, -0.25) is 4.79 Å². The van der Waals surface area contributed by atoms with Crippen molar-refractivity contribution in [2.75, 3.05) is 14.2 Å². The lowest BCUT2D eigenvalue weighted by atomic mass is 10.2. The summed E-state index contributed by atoms with van der Waals surface area (Å²) in [4.78, 5) is 10.1. The number of hydrogen-bond donors (Lipinski definition) is 0. The van der Waals surface area contributed by atoms with Gasteiger partial charge in [0.05, 0.1) is 0 Å². The highest BCUT2D eigenvalue weighted by Crippen LogP contribution is 1.98. The van der Waals surface area contributed by atoms with Crippen molar-refractivity contribution in [1.82, 2.24) is 0 Å². The van der Waals surface area contributed by atoms with Crippen molar-refractivity contribution in [3.8, 4) is 0 Å². The van der Waals surface area contributed by atoms with E-state index in [9.17, 15) is 4.79 Å². The van der Waals surface area contributed by atoms with E-state index in [4.69, 9.17) is 0 Å². The second-order valence-corrected chi connectivity index (χ2v) is 2.44. The lowest BCUT2D eigenvalue weighted by Crippen LogP contribution is -1.77. The van der Waals surface area contributed by atoms with Crippen molar-refractivity contribution in [2.45, 2.75) is 6.92 Å². The van der Waals surface area contributed by atoms with E-state index in [1.165, 1.54) is 5.56 Å². The highest BCUT2D eigenvalue weighted by Gasteiger charge is 1.85. The van der Waals surface area contributed by atoms with Crippen LogP contribution in [0.15, 0.2) is 24.3 Å². The molecule has 1 aromatic rings. The topological polar surface area (TPSA) is 26.3 Å². The maximum absolute atomic E-state index is 10.1. The monoisotopic (exact) mass is 166 g/mol. The highest BCUT2D eigenvalue weighted by molar-refractivity contribution is 5.74. The van der Waals surface area contributed by atoms with Crippen LogP contribution in [0.5, 0.6) is 0 Å². The lowest BCUT2D eigenvalue weighted by molar-refractivity contribution is 0.112. The molecule has 0 radical (unpaired) electrons. The maximum atomic E-state index is 10.1. The SMILES string of the molecule is COC.Cc1ccc(C=O)cc1. The Hall–Kier alpha value is -1.15. The molecule has 0 atom stereocenters. The van der Waals surface area contributed by atoms with Gasteiger partial charge in [0.1, 0.15) is 6.29 Å². The van der Waals surface area contributed by atoms with Gasteiger partial charge in [-0.2, -0.15) is 0 Å². The third-order valence-electron chi connectivity index (χ3n) is 1.21. The molecule has 0 saturated carbocycles. The normalized spacial score (nSPS) is 8.25. The fraction of sp³-hybridized carbons (Fsp3) is 0.300. The number of benzene rings is 1. The van der Waals surface area contributed by atoms with Crippen LogP contribution in [0.2, 0.25) is 0 Å². The molecule has 0 aromatic heterocycles. The van der Waals surface area contributed by atoms with Gasteiger partial charge in [-0.25, -0.2) is 0 Å². The Balaban J connectivity index is 0.000000354. The van der Waals surface area contributed by atoms with Crippen molar-refractivity contribution in [3.63, 3.8) is 0 Å². The summed E-state index contributed by atoms with van der Waals surface area (Å²) in [7, 11) is 3.25. The molecular weight excluding hydrogens is 152 g/mol. The Morgan fingerprint density at radius 3 is 1.92 bits per heavy atom. The van der Waals surface area contributed by atoms with Crippen LogP contribution in [0.1, 0.15) is 15.9 Å². The number of carbonyl (C=O) groups excluding carboxylic acids is 1. The van der Waals surface area contributed by atoms with Crippen molar-refractivity contribution < 1.29 is 9.53 Å². The average molecular weight is 166 g/mol. The first-order valence-electron chi connectivity index (χ1n) is 3.66. The van der Waals surface area contributed by atoms with Crippen LogP contribution >= 0.6 is 0 Å². The van der Waals surface area contributed by atoms with Crippen LogP contribution in [0, 0.1) is 6.92 Å². The van der Waals surface area contributed by atoms with E-state index in [1.54, 1.807) is 14.2 Å². The summed E-state index contributed by atoms with van der Waals surface area (Å²) in [6.45, 7) is 1.99. The van der Waals surface area contributed by atoms with Crippen molar-refractivity contribution in [3.05, 3.63) is 35.4 Å². The van der Waals surface area contributed by atoms with Crippen LogP contribution in [0.4, 0.5) is 0 Å². The van der Waals surface area contributed by atoms with Gasteiger partial charge < -0.3 is 4.74 Å². The van der Waals surface area contributed by atoms with Gasteiger partial charge in [0.25, 0.3) is 0 Å². The smallest absolute Gasteiger partial charge is 0.150 e. The molecule has 0 N–H and O–H groups in total. The van der Waals surface area contributed by atoms with E-state index in [0.29, 0.717) is 0 Å². The molecule has 66 valence electrons. The van der Waals surface area contributed by atoms with Crippen LogP contribution in [0.25, 0.3) is 0 Å². The summed E-state index contributed by atoms with van der Waals surface area (Å²) in [5.74, 6) is 0. The zero-order valence-electron chi connectivity index (χ0n) is 7.70. The standard InChI is InChI=1S/C8H8O.C2H6O/c1-7-2-4-8(6-9)5-3-7;1-3-2/h2-6H,1H3;1-2H3. The number of rotatable bonds is 1. The van der Waals surface area contributed by atoms with E-state index in [-0.39, 0.29) is 0 Å². The van der Waals surface area contributed by atoms with Gasteiger partial charge >= 0.3 is 0 Å². The van der Waals surface area contributed by atoms with E-state index in [2.05, 4.69) is 4.74 Å². The van der Waals surface area contributed by atoms with E-state index in [0.717, 1.165) is 11.8 Å². The minimum Gasteiger partial charge on any atom is -0.388 e. The third kappa shape index (κ3) is 4.63. The van der Waals surface area contributed by atoms with Crippen LogP contribution in [-0.4, -0.2) is 20.5 Å². The molecule has 0 heterocycles. The summed E-state index contributed by atoms with van der Waals surface area (Å²) in [6, 6.07) is 7.46. The number of methoxy groups -OCH3 is 1. The molecule has 0 unspecified atom stereocenters. The summed E-state index contributed by atoms with van der Waals surface area (Å²) >= 11 is 0. The fourth-order valence-corrected chi connectivity index (χ4v) is 0.645. The maximum Gasteiger partial charge on any atom is 0.150 e. The minimum atomic E-state index is 0.737. The number of aldehydes is 1. The molecular formula is C10H14O2. The van der Waals surface area contributed by atoms with Crippen LogP contribution in [-0.2, 0) is 4.74 Å². The van der Waals surface area contributed by atoms with Crippen LogP contribution in [0.3, 0.4) is 0 Å². The average Bonchev–Trinajstić information content (AvgIpc) is 2.07. The fourth-order valence-electron chi connectivity index (χ4n) is 0.645. The molecule has 0 aliphatic carbocycles. The Kier molecular flexibility index (Phi) is 5.93. The zero-order valence-corrected chi connectivity index (χ0v) is 7.70. The Bertz CT molecular complexity index is 214. The molecule has 12 heavy (non-hydrogen) atoms. The van der Waals surface area contributed by atoms with Gasteiger partial charge in [-0.15, -0.1) is 0 Å². The zero-order chi connectivity index (χ0) is 9.40. The minimum absolute atomic E-state index is 0.737. The Labute approximate surface area is 73.2 Å². The number of ether oxygens (including phenoxy) is 1. The summed E-state index contributed by atoms with van der Waals surface area (Å²) in [5, 5.41) is 0. The Morgan fingerprint density at radius 2 is 1.58 bits per heavy atom. The van der Waals surface area contributed by atoms with Gasteiger partial charge in [-0.1, -0.05) is 29.8 Å². The first-order valence-corrected chi connectivity index (χ1v) is 3.66. The van der Waals surface area contributed by atoms with Crippen molar-refractivity contribution >= 4 is 6.29 Å². The molecule has 0 bridgehead atoms. The number of aryl methyl sites for hydroxylation is 1. The summed E-state index contributed by atoms with van der Waals surface area (Å²) in [6.07, 6.45) is 0.847. The van der Waals surface area contributed by atoms with Gasteiger partial charge in [0.15, 0.2) is 0 Å². The molecule has 0 aliphatic heterocycles. The summed E-state index contributed by atoms with van der Waals surface area (Å²) < 4.78 is 4.25. The molecule has 2 heteroatoms. The van der Waals surface area contributed by atoms with Gasteiger partial charge in [0, 0.05) is 19.8 Å². The van der Waals surface area contributed by atoms with Crippen LogP contribution < -0.4 is 0 Å². The number of carbonyl (C=O) groups is 1. The number of hydrogen-bond acceptors (Lipinski definition) is 2. The first kappa shape index (κ1) is 10.8. The summed E-state index contributed by atoms with van der Waals surface area (Å²) in [5.41, 5.74) is 1.92. The van der Waals surface area contributed by atoms with Crippen molar-refractivity contribution in [2.24, 2.45) is 0 Å². The largest absolute Gasteiger partial charge is 0.388 e. The highest BCUT2D eigenvalue weighted by atomic mass is 16.4. The van der Waals surface area contributed by atoms with E-state index in [1.807, 2.05) is 31.2 Å². The first-order chi connectivity index (χ1) is 5.74. The second-order valence-electron chi connectivity index (χ2n) is 2.44. The molecule has 0 amide bonds. The third-order valence-corrected chi connectivity index (χ3v) is 1.21. The molecule has 0 aliphatic rings. The van der Waals surface area contributed by atoms with Crippen molar-refractivity contribution in [1.29, 1.82) is 0 Å². The molecule has 2 nitrogen and oxygen atoms in total. The predicted octanol–water partition coefficient (Wildman–Crippen LogP) is 2.07. The lowest BCUT2D eigenvalue weighted by Gasteiger charge is -1.89. The quantitative estimate of drug-likeness (QED) is 0.597. The second kappa shape index (κ2) is 6.55. The van der Waals surface area contributed by atoms with E-state index >= 15 is 0 Å².